The molecular weight excluding hydrogens is 242 g/mol. The van der Waals surface area contributed by atoms with E-state index in [0.29, 0.717) is 31.8 Å². The van der Waals surface area contributed by atoms with Crippen molar-refractivity contribution in [1.82, 2.24) is 5.32 Å². The predicted molar refractivity (Wildman–Crippen MR) is 77.6 cm³/mol. The molecule has 1 rings (SSSR count). The van der Waals surface area contributed by atoms with Crippen LogP contribution in [0.1, 0.15) is 40.0 Å². The smallest absolute Gasteiger partial charge is 0.0701 e. The summed E-state index contributed by atoms with van der Waals surface area (Å²) in [4.78, 5) is 0. The van der Waals surface area contributed by atoms with Crippen LogP contribution in [0.5, 0.6) is 0 Å². The zero-order valence-corrected chi connectivity index (χ0v) is 13.1. The van der Waals surface area contributed by atoms with Crippen LogP contribution < -0.4 is 5.32 Å². The number of methoxy groups -OCH3 is 1. The Hall–Kier alpha value is -0.160. The normalized spacial score (nSPS) is 17.7. The zero-order valence-electron chi connectivity index (χ0n) is 13.1. The summed E-state index contributed by atoms with van der Waals surface area (Å²) >= 11 is 0. The van der Waals surface area contributed by atoms with E-state index in [1.807, 2.05) is 0 Å². The lowest BCUT2D eigenvalue weighted by Gasteiger charge is -2.25. The van der Waals surface area contributed by atoms with Crippen molar-refractivity contribution in [2.45, 2.75) is 45.6 Å². The summed E-state index contributed by atoms with van der Waals surface area (Å²) in [5, 5.41) is 3.61. The van der Waals surface area contributed by atoms with Crippen LogP contribution in [0, 0.1) is 5.41 Å². The third-order valence-corrected chi connectivity index (χ3v) is 3.53. The maximum atomic E-state index is 5.63. The van der Waals surface area contributed by atoms with E-state index in [4.69, 9.17) is 14.2 Å². The molecule has 0 aliphatic heterocycles. The summed E-state index contributed by atoms with van der Waals surface area (Å²) in [5.41, 5.74) is 0.718. The van der Waals surface area contributed by atoms with Gasteiger partial charge >= 0.3 is 0 Å². The second-order valence-corrected chi connectivity index (χ2v) is 6.57. The lowest BCUT2D eigenvalue weighted by Crippen LogP contribution is -2.40. The van der Waals surface area contributed by atoms with E-state index < -0.39 is 0 Å². The van der Waals surface area contributed by atoms with Crippen LogP contribution in [0.4, 0.5) is 0 Å². The number of rotatable bonds is 11. The van der Waals surface area contributed by atoms with Crippen molar-refractivity contribution >= 4 is 0 Å². The summed E-state index contributed by atoms with van der Waals surface area (Å²) < 4.78 is 15.9. The van der Waals surface area contributed by atoms with Crippen molar-refractivity contribution < 1.29 is 14.2 Å². The molecule has 114 valence electrons. The summed E-state index contributed by atoms with van der Waals surface area (Å²) in [7, 11) is 1.68. The third-order valence-electron chi connectivity index (χ3n) is 3.53. The van der Waals surface area contributed by atoms with Gasteiger partial charge in [-0.25, -0.2) is 0 Å². The molecule has 0 aromatic rings. The molecule has 19 heavy (non-hydrogen) atoms. The molecule has 0 heterocycles. The van der Waals surface area contributed by atoms with E-state index in [2.05, 4.69) is 26.1 Å². The predicted octanol–water partition coefficient (Wildman–Crippen LogP) is 2.22. The maximum absolute atomic E-state index is 5.63. The highest BCUT2D eigenvalue weighted by Gasteiger charge is 2.42. The molecule has 1 fully saturated rings. The molecular formula is C15H31NO3. The molecule has 0 atom stereocenters. The average molecular weight is 273 g/mol. The van der Waals surface area contributed by atoms with Gasteiger partial charge in [-0.2, -0.15) is 0 Å². The highest BCUT2D eigenvalue weighted by Crippen LogP contribution is 2.48. The minimum absolute atomic E-state index is 0.214. The van der Waals surface area contributed by atoms with Gasteiger partial charge in [0.1, 0.15) is 0 Å². The van der Waals surface area contributed by atoms with Crippen molar-refractivity contribution in [1.29, 1.82) is 0 Å². The van der Waals surface area contributed by atoms with Crippen LogP contribution in [0.25, 0.3) is 0 Å². The van der Waals surface area contributed by atoms with E-state index in [9.17, 15) is 0 Å². The Labute approximate surface area is 118 Å². The van der Waals surface area contributed by atoms with Crippen molar-refractivity contribution in [3.05, 3.63) is 0 Å². The first-order chi connectivity index (χ1) is 8.97. The summed E-state index contributed by atoms with van der Waals surface area (Å²) in [6, 6.07) is 0. The number of hydrogen-bond donors (Lipinski definition) is 1. The molecule has 4 heteroatoms. The van der Waals surface area contributed by atoms with Crippen LogP contribution in [0.3, 0.4) is 0 Å². The lowest BCUT2D eigenvalue weighted by atomic mass is 10.0. The summed E-state index contributed by atoms with van der Waals surface area (Å²) in [5.74, 6) is 0. The van der Waals surface area contributed by atoms with Crippen molar-refractivity contribution in [3.63, 3.8) is 0 Å². The molecule has 0 bridgehead atoms. The Bertz CT molecular complexity index is 234. The number of hydrogen-bond acceptors (Lipinski definition) is 4. The second kappa shape index (κ2) is 8.20. The Balaban J connectivity index is 1.94. The molecule has 1 N–H and O–H groups in total. The van der Waals surface area contributed by atoms with E-state index in [-0.39, 0.29) is 5.54 Å². The average Bonchev–Trinajstić information content (AvgIpc) is 3.10. The summed E-state index contributed by atoms with van der Waals surface area (Å²) in [6.07, 6.45) is 3.84. The van der Waals surface area contributed by atoms with Crippen molar-refractivity contribution in [2.24, 2.45) is 5.41 Å². The van der Waals surface area contributed by atoms with Crippen LogP contribution in [0.2, 0.25) is 0 Å². The van der Waals surface area contributed by atoms with Gasteiger partial charge in [0.15, 0.2) is 0 Å². The molecule has 0 spiro atoms. The van der Waals surface area contributed by atoms with Gasteiger partial charge in [0.25, 0.3) is 0 Å². The van der Waals surface area contributed by atoms with Gasteiger partial charge in [0.2, 0.25) is 0 Å². The standard InChI is InChI=1S/C15H31NO3/c1-14(2,3)16-13-15(5-6-15)7-8-18-11-12-19-10-9-17-4/h16H,5-13H2,1-4H3. The Morgan fingerprint density at radius 2 is 1.53 bits per heavy atom. The fourth-order valence-corrected chi connectivity index (χ4v) is 1.90. The van der Waals surface area contributed by atoms with Gasteiger partial charge in [-0.1, -0.05) is 0 Å². The van der Waals surface area contributed by atoms with Gasteiger partial charge in [0, 0.05) is 25.8 Å². The van der Waals surface area contributed by atoms with Crippen LogP contribution in [0.15, 0.2) is 0 Å². The molecule has 0 radical (unpaired) electrons. The molecule has 0 amide bonds. The minimum Gasteiger partial charge on any atom is -0.382 e. The fourth-order valence-electron chi connectivity index (χ4n) is 1.90. The summed E-state index contributed by atoms with van der Waals surface area (Å²) in [6.45, 7) is 11.3. The molecule has 0 aromatic carbocycles. The van der Waals surface area contributed by atoms with Gasteiger partial charge in [-0.05, 0) is 45.4 Å². The molecule has 1 aliphatic carbocycles. The largest absolute Gasteiger partial charge is 0.382 e. The molecule has 0 aromatic heterocycles. The number of nitrogens with one attached hydrogen (secondary N) is 1. The highest BCUT2D eigenvalue weighted by molar-refractivity contribution is 4.96. The first-order valence-electron chi connectivity index (χ1n) is 7.37. The topological polar surface area (TPSA) is 39.7 Å². The monoisotopic (exact) mass is 273 g/mol. The van der Waals surface area contributed by atoms with E-state index in [0.717, 1.165) is 19.6 Å². The Kier molecular flexibility index (Phi) is 7.29. The Morgan fingerprint density at radius 1 is 0.947 bits per heavy atom. The van der Waals surface area contributed by atoms with Crippen LogP contribution in [-0.4, -0.2) is 52.2 Å². The van der Waals surface area contributed by atoms with E-state index in [1.54, 1.807) is 7.11 Å². The fraction of sp³-hybridized carbons (Fsp3) is 1.00. The van der Waals surface area contributed by atoms with Crippen molar-refractivity contribution in [2.75, 3.05) is 46.7 Å². The third kappa shape index (κ3) is 8.58. The first kappa shape index (κ1) is 16.9. The van der Waals surface area contributed by atoms with E-state index in [1.165, 1.54) is 12.8 Å². The van der Waals surface area contributed by atoms with Gasteiger partial charge in [-0.15, -0.1) is 0 Å². The maximum Gasteiger partial charge on any atom is 0.0701 e. The Morgan fingerprint density at radius 3 is 2.05 bits per heavy atom. The molecule has 0 saturated heterocycles. The molecule has 1 saturated carbocycles. The lowest BCUT2D eigenvalue weighted by molar-refractivity contribution is 0.0209. The van der Waals surface area contributed by atoms with Gasteiger partial charge < -0.3 is 19.5 Å². The van der Waals surface area contributed by atoms with Crippen LogP contribution >= 0.6 is 0 Å². The minimum atomic E-state index is 0.214. The van der Waals surface area contributed by atoms with Gasteiger partial charge in [0.05, 0.1) is 26.4 Å². The van der Waals surface area contributed by atoms with Gasteiger partial charge in [-0.3, -0.25) is 0 Å². The van der Waals surface area contributed by atoms with Crippen molar-refractivity contribution in [3.8, 4) is 0 Å². The SMILES string of the molecule is COCCOCCOCCC1(CNC(C)(C)C)CC1. The molecule has 0 unspecified atom stereocenters. The number of ether oxygens (including phenoxy) is 3. The van der Waals surface area contributed by atoms with E-state index >= 15 is 0 Å². The first-order valence-corrected chi connectivity index (χ1v) is 7.37. The molecule has 4 nitrogen and oxygen atoms in total. The quantitative estimate of drug-likeness (QED) is 0.586. The second-order valence-electron chi connectivity index (χ2n) is 6.57. The van der Waals surface area contributed by atoms with Crippen LogP contribution in [-0.2, 0) is 14.2 Å². The molecule has 1 aliphatic rings. The zero-order chi connectivity index (χ0) is 14.2. The highest BCUT2D eigenvalue weighted by atomic mass is 16.5.